The third-order valence-corrected chi connectivity index (χ3v) is 3.95. The molecule has 0 fully saturated rings. The molecule has 1 atom stereocenters. The Morgan fingerprint density at radius 3 is 2.39 bits per heavy atom. The van der Waals surface area contributed by atoms with Crippen LogP contribution in [0, 0.1) is 6.92 Å². The van der Waals surface area contributed by atoms with Gasteiger partial charge in [-0.05, 0) is 38.1 Å². The van der Waals surface area contributed by atoms with E-state index in [2.05, 4.69) is 5.32 Å². The lowest BCUT2D eigenvalue weighted by molar-refractivity contribution is -0.125. The Kier molecular flexibility index (Phi) is 6.11. The van der Waals surface area contributed by atoms with Crippen LogP contribution in [-0.4, -0.2) is 18.5 Å². The van der Waals surface area contributed by atoms with Gasteiger partial charge in [0.2, 0.25) is 11.9 Å². The highest BCUT2D eigenvalue weighted by Gasteiger charge is 2.27. The van der Waals surface area contributed by atoms with E-state index < -0.39 is 18.0 Å². The molecule has 144 valence electrons. The van der Waals surface area contributed by atoms with Crippen molar-refractivity contribution in [1.29, 1.82) is 0 Å². The minimum absolute atomic E-state index is 0.0425. The maximum absolute atomic E-state index is 13.0. The fourth-order valence-electron chi connectivity index (χ4n) is 2.66. The molecule has 1 amide bonds. The van der Waals surface area contributed by atoms with Crippen molar-refractivity contribution in [1.82, 2.24) is 0 Å². The number of furan rings is 1. The van der Waals surface area contributed by atoms with Gasteiger partial charge in [0.1, 0.15) is 11.5 Å². The standard InChI is InChI=1S/C22H21NO5/c1-3-26-18-12-8-7-11-17(18)23-21(24)20(16-9-5-4-6-10-16)28-22(25)19-14-13-15(2)27-19/h4-14,20H,3H2,1-2H3,(H,23,24). The van der Waals surface area contributed by atoms with Gasteiger partial charge in [-0.3, -0.25) is 4.79 Å². The number of amides is 1. The van der Waals surface area contributed by atoms with Crippen LogP contribution in [0.5, 0.6) is 5.75 Å². The third-order valence-electron chi connectivity index (χ3n) is 3.95. The van der Waals surface area contributed by atoms with E-state index in [0.29, 0.717) is 29.4 Å². The Hall–Kier alpha value is -3.54. The quantitative estimate of drug-likeness (QED) is 0.611. The van der Waals surface area contributed by atoms with Gasteiger partial charge in [-0.1, -0.05) is 42.5 Å². The minimum Gasteiger partial charge on any atom is -0.492 e. The van der Waals surface area contributed by atoms with E-state index in [-0.39, 0.29) is 5.76 Å². The molecule has 0 aliphatic carbocycles. The number of esters is 1. The van der Waals surface area contributed by atoms with Gasteiger partial charge in [0.25, 0.3) is 5.91 Å². The van der Waals surface area contributed by atoms with Crippen molar-refractivity contribution in [2.45, 2.75) is 20.0 Å². The summed E-state index contributed by atoms with van der Waals surface area (Å²) in [5, 5.41) is 2.78. The molecule has 1 aromatic heterocycles. The topological polar surface area (TPSA) is 77.8 Å². The molecule has 0 aliphatic rings. The van der Waals surface area contributed by atoms with Crippen molar-refractivity contribution in [3.8, 4) is 5.75 Å². The average molecular weight is 379 g/mol. The number of carbonyl (C=O) groups excluding carboxylic acids is 2. The van der Waals surface area contributed by atoms with Crippen LogP contribution in [-0.2, 0) is 9.53 Å². The molecule has 1 N–H and O–H groups in total. The van der Waals surface area contributed by atoms with Crippen molar-refractivity contribution in [2.24, 2.45) is 0 Å². The summed E-state index contributed by atoms with van der Waals surface area (Å²) in [6.45, 7) is 4.04. The molecule has 28 heavy (non-hydrogen) atoms. The van der Waals surface area contributed by atoms with E-state index in [0.717, 1.165) is 0 Å². The molecule has 3 rings (SSSR count). The van der Waals surface area contributed by atoms with E-state index in [1.807, 2.05) is 19.1 Å². The summed E-state index contributed by atoms with van der Waals surface area (Å²) >= 11 is 0. The summed E-state index contributed by atoms with van der Waals surface area (Å²) in [6.07, 6.45) is -1.14. The second-order valence-electron chi connectivity index (χ2n) is 6.02. The van der Waals surface area contributed by atoms with E-state index in [1.54, 1.807) is 55.5 Å². The summed E-state index contributed by atoms with van der Waals surface area (Å²) in [6, 6.07) is 19.1. The number of benzene rings is 2. The summed E-state index contributed by atoms with van der Waals surface area (Å²) in [7, 11) is 0. The third kappa shape index (κ3) is 4.59. The Labute approximate surface area is 163 Å². The first-order chi connectivity index (χ1) is 13.6. The predicted octanol–water partition coefficient (Wildman–Crippen LogP) is 4.52. The molecule has 3 aromatic rings. The van der Waals surface area contributed by atoms with Crippen molar-refractivity contribution >= 4 is 17.6 Å². The molecule has 1 unspecified atom stereocenters. The zero-order chi connectivity index (χ0) is 19.9. The van der Waals surface area contributed by atoms with Crippen molar-refractivity contribution in [2.75, 3.05) is 11.9 Å². The average Bonchev–Trinajstić information content (AvgIpc) is 3.15. The van der Waals surface area contributed by atoms with E-state index in [9.17, 15) is 9.59 Å². The lowest BCUT2D eigenvalue weighted by atomic mass is 10.1. The van der Waals surface area contributed by atoms with Gasteiger partial charge < -0.3 is 19.2 Å². The van der Waals surface area contributed by atoms with Crippen molar-refractivity contribution < 1.29 is 23.5 Å². The van der Waals surface area contributed by atoms with Crippen LogP contribution < -0.4 is 10.1 Å². The number of ether oxygens (including phenoxy) is 2. The Morgan fingerprint density at radius 2 is 1.71 bits per heavy atom. The van der Waals surface area contributed by atoms with Crippen molar-refractivity contribution in [3.05, 3.63) is 83.8 Å². The molecule has 0 spiro atoms. The normalized spacial score (nSPS) is 11.5. The molecule has 6 heteroatoms. The number of aryl methyl sites for hydroxylation is 1. The number of rotatable bonds is 7. The summed E-state index contributed by atoms with van der Waals surface area (Å²) in [5.74, 6) is -0.0393. The maximum atomic E-state index is 13.0. The van der Waals surface area contributed by atoms with E-state index >= 15 is 0 Å². The number of carbonyl (C=O) groups is 2. The highest BCUT2D eigenvalue weighted by Crippen LogP contribution is 2.27. The SMILES string of the molecule is CCOc1ccccc1NC(=O)C(OC(=O)c1ccc(C)o1)c1ccccc1. The first-order valence-electron chi connectivity index (χ1n) is 8.93. The number of anilines is 1. The Bertz CT molecular complexity index is 948. The Balaban J connectivity index is 1.85. The molecule has 0 radical (unpaired) electrons. The van der Waals surface area contributed by atoms with Crippen LogP contribution in [0.3, 0.4) is 0 Å². The molecule has 0 aliphatic heterocycles. The van der Waals surface area contributed by atoms with Crippen LogP contribution >= 0.6 is 0 Å². The van der Waals surface area contributed by atoms with Crippen LogP contribution in [0.1, 0.15) is 34.9 Å². The molecular formula is C22H21NO5. The van der Waals surface area contributed by atoms with Gasteiger partial charge >= 0.3 is 5.97 Å². The number of para-hydroxylation sites is 2. The van der Waals surface area contributed by atoms with E-state index in [1.165, 1.54) is 6.07 Å². The first-order valence-corrected chi connectivity index (χ1v) is 8.93. The van der Waals surface area contributed by atoms with Crippen LogP contribution in [0.25, 0.3) is 0 Å². The van der Waals surface area contributed by atoms with Crippen molar-refractivity contribution in [3.63, 3.8) is 0 Å². The van der Waals surface area contributed by atoms with Crippen LogP contribution in [0.15, 0.2) is 71.1 Å². The van der Waals surface area contributed by atoms with E-state index in [4.69, 9.17) is 13.9 Å². The summed E-state index contributed by atoms with van der Waals surface area (Å²) in [4.78, 5) is 25.4. The molecule has 0 bridgehead atoms. The fourth-order valence-corrected chi connectivity index (χ4v) is 2.66. The molecule has 0 saturated heterocycles. The van der Waals surface area contributed by atoms with Gasteiger partial charge in [-0.2, -0.15) is 0 Å². The minimum atomic E-state index is -1.14. The van der Waals surface area contributed by atoms with Gasteiger partial charge in [-0.25, -0.2) is 4.79 Å². The van der Waals surface area contributed by atoms with Gasteiger partial charge in [0, 0.05) is 5.56 Å². The maximum Gasteiger partial charge on any atom is 0.375 e. The highest BCUT2D eigenvalue weighted by atomic mass is 16.6. The molecule has 2 aromatic carbocycles. The molecular weight excluding hydrogens is 358 g/mol. The lowest BCUT2D eigenvalue weighted by Crippen LogP contribution is -2.26. The lowest BCUT2D eigenvalue weighted by Gasteiger charge is -2.18. The largest absolute Gasteiger partial charge is 0.492 e. The summed E-state index contributed by atoms with van der Waals surface area (Å²) in [5.41, 5.74) is 1.05. The summed E-state index contributed by atoms with van der Waals surface area (Å²) < 4.78 is 16.3. The first kappa shape index (κ1) is 19.2. The van der Waals surface area contributed by atoms with Gasteiger partial charge in [0.05, 0.1) is 12.3 Å². The zero-order valence-corrected chi connectivity index (χ0v) is 15.7. The number of nitrogens with one attached hydrogen (secondary N) is 1. The smallest absolute Gasteiger partial charge is 0.375 e. The molecule has 0 saturated carbocycles. The highest BCUT2D eigenvalue weighted by molar-refractivity contribution is 5.98. The van der Waals surface area contributed by atoms with Gasteiger partial charge in [-0.15, -0.1) is 0 Å². The number of hydrogen-bond acceptors (Lipinski definition) is 5. The Morgan fingerprint density at radius 1 is 1.00 bits per heavy atom. The van der Waals surface area contributed by atoms with Crippen LogP contribution in [0.4, 0.5) is 5.69 Å². The van der Waals surface area contributed by atoms with Crippen LogP contribution in [0.2, 0.25) is 0 Å². The zero-order valence-electron chi connectivity index (χ0n) is 15.7. The fraction of sp³-hybridized carbons (Fsp3) is 0.182. The second kappa shape index (κ2) is 8.90. The number of hydrogen-bond donors (Lipinski definition) is 1. The second-order valence-corrected chi connectivity index (χ2v) is 6.02. The van der Waals surface area contributed by atoms with Gasteiger partial charge in [0.15, 0.2) is 0 Å². The molecule has 1 heterocycles. The predicted molar refractivity (Wildman–Crippen MR) is 104 cm³/mol. The monoisotopic (exact) mass is 379 g/mol. The molecule has 6 nitrogen and oxygen atoms in total.